The fourth-order valence-electron chi connectivity index (χ4n) is 3.71. The van der Waals surface area contributed by atoms with E-state index in [2.05, 4.69) is 31.2 Å². The van der Waals surface area contributed by atoms with Crippen LogP contribution < -0.4 is 0 Å². The molecule has 0 amide bonds. The van der Waals surface area contributed by atoms with Gasteiger partial charge in [0.25, 0.3) is 0 Å². The van der Waals surface area contributed by atoms with Gasteiger partial charge in [-0.2, -0.15) is 0 Å². The van der Waals surface area contributed by atoms with Crippen LogP contribution in [0.1, 0.15) is 85.0 Å². The average molecular weight is 381 g/mol. The number of carbonyl (C=O) groups excluding carboxylic acids is 1. The third-order valence-electron chi connectivity index (χ3n) is 5.19. The van der Waals surface area contributed by atoms with Gasteiger partial charge in [-0.25, -0.2) is 0 Å². The van der Waals surface area contributed by atoms with Gasteiger partial charge in [-0.05, 0) is 51.9 Å². The van der Waals surface area contributed by atoms with Gasteiger partial charge in [0.1, 0.15) is 0 Å². The van der Waals surface area contributed by atoms with Gasteiger partial charge >= 0.3 is 5.97 Å². The first-order valence-electron chi connectivity index (χ1n) is 10.8. The van der Waals surface area contributed by atoms with Crippen molar-refractivity contribution in [1.82, 2.24) is 0 Å². The van der Waals surface area contributed by atoms with Crippen LogP contribution in [0.2, 0.25) is 0 Å². The van der Waals surface area contributed by atoms with Crippen molar-refractivity contribution in [3.8, 4) is 0 Å². The Kier molecular flexibility index (Phi) is 12.4. The second kappa shape index (κ2) is 14.0. The summed E-state index contributed by atoms with van der Waals surface area (Å²) in [6.45, 7) is 5.92. The van der Waals surface area contributed by atoms with Crippen LogP contribution in [0.3, 0.4) is 0 Å². The van der Waals surface area contributed by atoms with Gasteiger partial charge in [0, 0.05) is 18.8 Å². The molecule has 1 saturated carbocycles. The summed E-state index contributed by atoms with van der Waals surface area (Å²) in [5.41, 5.74) is 0. The van der Waals surface area contributed by atoms with Crippen molar-refractivity contribution < 1.29 is 19.7 Å². The lowest BCUT2D eigenvalue weighted by atomic mass is 9.89. The summed E-state index contributed by atoms with van der Waals surface area (Å²) in [6, 6.07) is 0. The van der Waals surface area contributed by atoms with Crippen LogP contribution in [0.15, 0.2) is 24.3 Å². The lowest BCUT2D eigenvalue weighted by Crippen LogP contribution is -2.19. The number of ether oxygens (including phenoxy) is 1. The van der Waals surface area contributed by atoms with E-state index < -0.39 is 12.2 Å². The van der Waals surface area contributed by atoms with Gasteiger partial charge in [0.05, 0.1) is 18.3 Å². The molecule has 0 unspecified atom stereocenters. The molecular weight excluding hydrogens is 340 g/mol. The maximum atomic E-state index is 11.5. The summed E-state index contributed by atoms with van der Waals surface area (Å²) in [7, 11) is 0. The molecule has 0 aliphatic heterocycles. The minimum Gasteiger partial charge on any atom is -0.463 e. The van der Waals surface area contributed by atoms with Gasteiger partial charge in [0.15, 0.2) is 0 Å². The predicted molar refractivity (Wildman–Crippen MR) is 110 cm³/mol. The fraction of sp³-hybridized carbons (Fsp3) is 0.783. The van der Waals surface area contributed by atoms with E-state index in [1.165, 1.54) is 25.7 Å². The van der Waals surface area contributed by atoms with Crippen LogP contribution in [0, 0.1) is 11.8 Å². The molecule has 0 spiro atoms. The third-order valence-corrected chi connectivity index (χ3v) is 5.19. The van der Waals surface area contributed by atoms with Gasteiger partial charge in [0.2, 0.25) is 0 Å². The highest BCUT2D eigenvalue weighted by atomic mass is 16.5. The van der Waals surface area contributed by atoms with Crippen LogP contribution in [-0.2, 0) is 9.53 Å². The molecule has 0 radical (unpaired) electrons. The average Bonchev–Trinajstić information content (AvgIpc) is 2.86. The summed E-state index contributed by atoms with van der Waals surface area (Å²) in [4.78, 5) is 11.5. The Labute approximate surface area is 165 Å². The van der Waals surface area contributed by atoms with Crippen molar-refractivity contribution in [1.29, 1.82) is 0 Å². The Morgan fingerprint density at radius 3 is 2.48 bits per heavy atom. The Morgan fingerprint density at radius 1 is 1.04 bits per heavy atom. The lowest BCUT2D eigenvalue weighted by Gasteiger charge is -2.19. The normalized spacial score (nSPS) is 25.9. The van der Waals surface area contributed by atoms with Gasteiger partial charge < -0.3 is 14.9 Å². The zero-order valence-corrected chi connectivity index (χ0v) is 17.5. The minimum absolute atomic E-state index is 0.0387. The highest BCUT2D eigenvalue weighted by Gasteiger charge is 2.39. The number of rotatable bonds is 13. The van der Waals surface area contributed by atoms with Gasteiger partial charge in [-0.15, -0.1) is 0 Å². The van der Waals surface area contributed by atoms with E-state index >= 15 is 0 Å². The van der Waals surface area contributed by atoms with Crippen molar-refractivity contribution in [2.24, 2.45) is 11.8 Å². The summed E-state index contributed by atoms with van der Waals surface area (Å²) in [6.07, 6.45) is 16.8. The standard InChI is InChI=1S/C23H40O4/c1-4-5-6-7-8-11-14-19-20(22(25)17-21(19)24)15-12-9-10-13-16-23(26)27-18(2)3/h9,11-12,14,18-22,24-25H,4-8,10,13,15-17H2,1-3H3/t19-,20-,21-,22+/m1/s1. The van der Waals surface area contributed by atoms with Crippen LogP contribution in [0.5, 0.6) is 0 Å². The maximum Gasteiger partial charge on any atom is 0.306 e. The van der Waals surface area contributed by atoms with Crippen molar-refractivity contribution in [3.63, 3.8) is 0 Å². The SMILES string of the molecule is CCCCCCC=C[C@@H]1[C@@H](CC=CCCCC(=O)OC(C)C)[C@@H](O)C[C@H]1O. The van der Waals surface area contributed by atoms with E-state index in [0.717, 1.165) is 25.7 Å². The van der Waals surface area contributed by atoms with Gasteiger partial charge in [-0.1, -0.05) is 50.5 Å². The van der Waals surface area contributed by atoms with E-state index in [1.807, 2.05) is 13.8 Å². The molecule has 0 aromatic heterocycles. The molecule has 0 aromatic rings. The summed E-state index contributed by atoms with van der Waals surface area (Å²) in [5, 5.41) is 20.5. The van der Waals surface area contributed by atoms with Crippen LogP contribution >= 0.6 is 0 Å². The molecule has 27 heavy (non-hydrogen) atoms. The quantitative estimate of drug-likeness (QED) is 0.270. The van der Waals surface area contributed by atoms with E-state index in [9.17, 15) is 15.0 Å². The number of carbonyl (C=O) groups is 1. The number of allylic oxidation sites excluding steroid dienone is 3. The third kappa shape index (κ3) is 10.1. The molecule has 4 nitrogen and oxygen atoms in total. The Balaban J connectivity index is 2.33. The zero-order chi connectivity index (χ0) is 20.1. The van der Waals surface area contributed by atoms with Crippen LogP contribution in [0.25, 0.3) is 0 Å². The molecule has 1 aliphatic rings. The number of aliphatic hydroxyl groups excluding tert-OH is 2. The molecule has 4 heteroatoms. The van der Waals surface area contributed by atoms with Crippen molar-refractivity contribution in [3.05, 3.63) is 24.3 Å². The largest absolute Gasteiger partial charge is 0.463 e. The second-order valence-electron chi connectivity index (χ2n) is 8.03. The first kappa shape index (κ1) is 23.9. The highest BCUT2D eigenvalue weighted by Crippen LogP contribution is 2.36. The van der Waals surface area contributed by atoms with Crippen LogP contribution in [0.4, 0.5) is 0 Å². The molecule has 4 atom stereocenters. The first-order valence-corrected chi connectivity index (χ1v) is 10.8. The highest BCUT2D eigenvalue weighted by molar-refractivity contribution is 5.69. The summed E-state index contributed by atoms with van der Waals surface area (Å²) >= 11 is 0. The molecule has 0 heterocycles. The number of hydrogen-bond acceptors (Lipinski definition) is 4. The molecule has 0 saturated heterocycles. The molecule has 0 aromatic carbocycles. The Hall–Kier alpha value is -1.13. The first-order chi connectivity index (χ1) is 13.0. The molecule has 1 rings (SSSR count). The molecule has 1 aliphatic carbocycles. The summed E-state index contributed by atoms with van der Waals surface area (Å²) < 4.78 is 5.11. The number of aliphatic hydroxyl groups is 2. The molecular formula is C23H40O4. The minimum atomic E-state index is -0.448. The monoisotopic (exact) mass is 380 g/mol. The van der Waals surface area contributed by atoms with E-state index in [-0.39, 0.29) is 23.9 Å². The second-order valence-corrected chi connectivity index (χ2v) is 8.03. The molecule has 1 fully saturated rings. The zero-order valence-electron chi connectivity index (χ0n) is 17.5. The van der Waals surface area contributed by atoms with E-state index in [0.29, 0.717) is 12.8 Å². The maximum absolute atomic E-state index is 11.5. The topological polar surface area (TPSA) is 66.8 Å². The molecule has 0 bridgehead atoms. The van der Waals surface area contributed by atoms with Crippen molar-refractivity contribution in [2.45, 2.75) is 103 Å². The number of hydrogen-bond donors (Lipinski definition) is 2. The van der Waals surface area contributed by atoms with Crippen LogP contribution in [-0.4, -0.2) is 34.5 Å². The Bertz CT molecular complexity index is 455. The number of esters is 1. The predicted octanol–water partition coefficient (Wildman–Crippen LogP) is 4.94. The van der Waals surface area contributed by atoms with E-state index in [1.54, 1.807) is 0 Å². The lowest BCUT2D eigenvalue weighted by molar-refractivity contribution is -0.147. The molecule has 156 valence electrons. The van der Waals surface area contributed by atoms with E-state index in [4.69, 9.17) is 4.74 Å². The fourth-order valence-corrected chi connectivity index (χ4v) is 3.71. The van der Waals surface area contributed by atoms with Crippen molar-refractivity contribution in [2.75, 3.05) is 0 Å². The number of unbranched alkanes of at least 4 members (excludes halogenated alkanes) is 5. The van der Waals surface area contributed by atoms with Crippen molar-refractivity contribution >= 4 is 5.97 Å². The van der Waals surface area contributed by atoms with Gasteiger partial charge in [-0.3, -0.25) is 4.79 Å². The smallest absolute Gasteiger partial charge is 0.306 e. The summed E-state index contributed by atoms with van der Waals surface area (Å²) in [5.74, 6) is -0.0252. The Morgan fingerprint density at radius 2 is 1.78 bits per heavy atom. The molecule has 2 N–H and O–H groups in total.